The lowest BCUT2D eigenvalue weighted by Crippen LogP contribution is -1.99. The van der Waals surface area contributed by atoms with Gasteiger partial charge in [0.1, 0.15) is 0 Å². The van der Waals surface area contributed by atoms with Gasteiger partial charge in [0.25, 0.3) is 0 Å². The zero-order valence-electron chi connectivity index (χ0n) is 9.30. The predicted octanol–water partition coefficient (Wildman–Crippen LogP) is 2.35. The molecule has 0 saturated heterocycles. The summed E-state index contributed by atoms with van der Waals surface area (Å²) in [6.45, 7) is 5.13. The maximum atomic E-state index is 10.8. The number of carboxylic acid groups (broad SMARTS) is 2. The molecule has 0 aliphatic carbocycles. The summed E-state index contributed by atoms with van der Waals surface area (Å²) in [5, 5.41) is 17.6. The first kappa shape index (κ1) is 12.7. The predicted molar refractivity (Wildman–Crippen MR) is 63.9 cm³/mol. The maximum Gasteiger partial charge on any atom is 0.335 e. The fourth-order valence-corrected chi connectivity index (χ4v) is 1.35. The van der Waals surface area contributed by atoms with E-state index >= 15 is 0 Å². The van der Waals surface area contributed by atoms with E-state index in [-0.39, 0.29) is 11.1 Å². The Morgan fingerprint density at radius 1 is 1.29 bits per heavy atom. The first-order valence-electron chi connectivity index (χ1n) is 4.87. The molecule has 1 aromatic carbocycles. The van der Waals surface area contributed by atoms with Gasteiger partial charge in [-0.2, -0.15) is 0 Å². The molecule has 4 heteroatoms. The minimum atomic E-state index is -1.07. The molecule has 0 aliphatic rings. The van der Waals surface area contributed by atoms with Crippen LogP contribution in [0.3, 0.4) is 0 Å². The van der Waals surface area contributed by atoms with E-state index in [1.165, 1.54) is 24.3 Å². The van der Waals surface area contributed by atoms with Crippen molar-refractivity contribution in [3.8, 4) is 0 Å². The Morgan fingerprint density at radius 2 is 1.94 bits per heavy atom. The molecule has 0 aliphatic heterocycles. The van der Waals surface area contributed by atoms with E-state index < -0.39 is 11.9 Å². The van der Waals surface area contributed by atoms with Crippen LogP contribution in [0.5, 0.6) is 0 Å². The summed E-state index contributed by atoms with van der Waals surface area (Å²) in [7, 11) is 0. The van der Waals surface area contributed by atoms with Gasteiger partial charge in [-0.05, 0) is 36.3 Å². The number of aromatic carboxylic acids is 1. The summed E-state index contributed by atoms with van der Waals surface area (Å²) in [4.78, 5) is 21.5. The van der Waals surface area contributed by atoms with Crippen molar-refractivity contribution >= 4 is 18.0 Å². The molecule has 0 amide bonds. The maximum absolute atomic E-state index is 10.8. The molecule has 0 radical (unpaired) electrons. The molecule has 0 heterocycles. The molecular weight excluding hydrogens is 220 g/mol. The van der Waals surface area contributed by atoms with E-state index in [4.69, 9.17) is 10.2 Å². The monoisotopic (exact) mass is 232 g/mol. The topological polar surface area (TPSA) is 74.6 Å². The highest BCUT2D eigenvalue weighted by atomic mass is 16.4. The fraction of sp³-hybridized carbons (Fsp3) is 0.0769. The third-order valence-electron chi connectivity index (χ3n) is 2.29. The zero-order valence-corrected chi connectivity index (χ0v) is 9.30. The second kappa shape index (κ2) is 5.12. The molecule has 0 bridgehead atoms. The van der Waals surface area contributed by atoms with Gasteiger partial charge in [0.15, 0.2) is 0 Å². The van der Waals surface area contributed by atoms with Crippen molar-refractivity contribution in [3.63, 3.8) is 0 Å². The molecule has 0 fully saturated rings. The average Bonchev–Trinajstić information content (AvgIpc) is 2.26. The van der Waals surface area contributed by atoms with Crippen molar-refractivity contribution in [2.24, 2.45) is 0 Å². The van der Waals surface area contributed by atoms with Crippen LogP contribution < -0.4 is 0 Å². The molecular formula is C13H12O4. The number of carbonyl (C=O) groups is 2. The molecule has 0 spiro atoms. The minimum Gasteiger partial charge on any atom is -0.478 e. The molecule has 0 unspecified atom stereocenters. The SMILES string of the molecule is C=C/C(=C\c1ccc(C(=O)O)cc1C)C(=O)O. The van der Waals surface area contributed by atoms with E-state index in [9.17, 15) is 9.59 Å². The molecule has 1 rings (SSSR count). The lowest BCUT2D eigenvalue weighted by molar-refractivity contribution is -0.132. The first-order valence-corrected chi connectivity index (χ1v) is 4.87. The number of hydrogen-bond acceptors (Lipinski definition) is 2. The number of hydrogen-bond donors (Lipinski definition) is 2. The minimum absolute atomic E-state index is 0.0659. The van der Waals surface area contributed by atoms with Crippen LogP contribution in [0, 0.1) is 6.92 Å². The van der Waals surface area contributed by atoms with Crippen LogP contribution in [0.15, 0.2) is 36.4 Å². The van der Waals surface area contributed by atoms with Gasteiger partial charge in [0, 0.05) is 0 Å². The number of aliphatic carboxylic acids is 1. The van der Waals surface area contributed by atoms with Gasteiger partial charge in [0.2, 0.25) is 0 Å². The molecule has 17 heavy (non-hydrogen) atoms. The summed E-state index contributed by atoms with van der Waals surface area (Å²) in [6.07, 6.45) is 2.70. The van der Waals surface area contributed by atoms with Gasteiger partial charge >= 0.3 is 11.9 Å². The van der Waals surface area contributed by atoms with E-state index in [0.717, 1.165) is 0 Å². The van der Waals surface area contributed by atoms with Crippen molar-refractivity contribution in [2.75, 3.05) is 0 Å². The van der Waals surface area contributed by atoms with E-state index in [1.54, 1.807) is 13.0 Å². The van der Waals surface area contributed by atoms with Crippen molar-refractivity contribution in [3.05, 3.63) is 53.1 Å². The molecule has 4 nitrogen and oxygen atoms in total. The van der Waals surface area contributed by atoms with Crippen molar-refractivity contribution in [1.82, 2.24) is 0 Å². The summed E-state index contributed by atoms with van der Waals surface area (Å²) in [5.41, 5.74) is 1.60. The normalized spacial score (nSPS) is 11.0. The largest absolute Gasteiger partial charge is 0.478 e. The van der Waals surface area contributed by atoms with Crippen LogP contribution >= 0.6 is 0 Å². The lowest BCUT2D eigenvalue weighted by Gasteiger charge is -2.03. The quantitative estimate of drug-likeness (QED) is 0.617. The van der Waals surface area contributed by atoms with Crippen molar-refractivity contribution in [2.45, 2.75) is 6.92 Å². The second-order valence-corrected chi connectivity index (χ2v) is 3.49. The molecule has 0 saturated carbocycles. The van der Waals surface area contributed by atoms with E-state index in [0.29, 0.717) is 11.1 Å². The molecule has 0 aromatic heterocycles. The Morgan fingerprint density at radius 3 is 2.35 bits per heavy atom. The van der Waals surface area contributed by atoms with Gasteiger partial charge in [-0.15, -0.1) is 0 Å². The van der Waals surface area contributed by atoms with Crippen LogP contribution in [0.4, 0.5) is 0 Å². The summed E-state index contributed by atoms with van der Waals surface area (Å²) >= 11 is 0. The highest BCUT2D eigenvalue weighted by molar-refractivity contribution is 5.95. The van der Waals surface area contributed by atoms with Crippen LogP contribution in [0.2, 0.25) is 0 Å². The van der Waals surface area contributed by atoms with Gasteiger partial charge in [-0.1, -0.05) is 18.7 Å². The number of aryl methyl sites for hydroxylation is 1. The van der Waals surface area contributed by atoms with Crippen molar-refractivity contribution in [1.29, 1.82) is 0 Å². The molecule has 0 atom stereocenters. The standard InChI is InChI=1S/C13H12O4/c1-3-9(12(14)15)7-10-4-5-11(13(16)17)6-8(10)2/h3-7H,1H2,2H3,(H,14,15)(H,16,17)/b9-7+. The van der Waals surface area contributed by atoms with E-state index in [2.05, 4.69) is 6.58 Å². The smallest absolute Gasteiger partial charge is 0.335 e. The second-order valence-electron chi connectivity index (χ2n) is 3.49. The number of benzene rings is 1. The Labute approximate surface area is 98.5 Å². The summed E-state index contributed by atoms with van der Waals surface area (Å²) in [5.74, 6) is -2.08. The Kier molecular flexibility index (Phi) is 3.82. The Hall–Kier alpha value is -2.36. The highest BCUT2D eigenvalue weighted by Crippen LogP contribution is 2.15. The summed E-state index contributed by atoms with van der Waals surface area (Å²) < 4.78 is 0. The van der Waals surface area contributed by atoms with Gasteiger partial charge in [-0.3, -0.25) is 0 Å². The van der Waals surface area contributed by atoms with Crippen LogP contribution in [0.1, 0.15) is 21.5 Å². The average molecular weight is 232 g/mol. The van der Waals surface area contributed by atoms with Crippen LogP contribution in [-0.4, -0.2) is 22.2 Å². The Bertz CT molecular complexity index is 512. The van der Waals surface area contributed by atoms with Crippen LogP contribution in [0.25, 0.3) is 6.08 Å². The molecule has 88 valence electrons. The van der Waals surface area contributed by atoms with Gasteiger partial charge in [0.05, 0.1) is 11.1 Å². The third-order valence-corrected chi connectivity index (χ3v) is 2.29. The molecule has 1 aromatic rings. The Balaban J connectivity index is 3.21. The number of carboxylic acids is 2. The van der Waals surface area contributed by atoms with Gasteiger partial charge < -0.3 is 10.2 Å². The van der Waals surface area contributed by atoms with Gasteiger partial charge in [-0.25, -0.2) is 9.59 Å². The number of rotatable bonds is 4. The third kappa shape index (κ3) is 3.04. The van der Waals surface area contributed by atoms with Crippen molar-refractivity contribution < 1.29 is 19.8 Å². The lowest BCUT2D eigenvalue weighted by atomic mass is 10.0. The van der Waals surface area contributed by atoms with E-state index in [1.807, 2.05) is 0 Å². The first-order chi connectivity index (χ1) is 7.95. The summed E-state index contributed by atoms with van der Waals surface area (Å²) in [6, 6.07) is 4.51. The highest BCUT2D eigenvalue weighted by Gasteiger charge is 2.07. The fourth-order valence-electron chi connectivity index (χ4n) is 1.35. The van der Waals surface area contributed by atoms with Crippen LogP contribution in [-0.2, 0) is 4.79 Å². The molecule has 2 N–H and O–H groups in total. The zero-order chi connectivity index (χ0) is 13.0.